The van der Waals surface area contributed by atoms with Gasteiger partial charge in [-0.15, -0.1) is 0 Å². The van der Waals surface area contributed by atoms with E-state index in [1.165, 1.54) is 18.6 Å². The molecule has 11 heteroatoms. The smallest absolute Gasteiger partial charge is 0.390 e. The summed E-state index contributed by atoms with van der Waals surface area (Å²) >= 11 is 0. The summed E-state index contributed by atoms with van der Waals surface area (Å²) in [5.41, 5.74) is 6.97. The van der Waals surface area contributed by atoms with Gasteiger partial charge in [0.15, 0.2) is 22.4 Å². The van der Waals surface area contributed by atoms with Gasteiger partial charge in [0.1, 0.15) is 0 Å². The molecule has 0 aliphatic carbocycles. The Morgan fingerprint density at radius 3 is 1.76 bits per heavy atom. The zero-order chi connectivity index (χ0) is 39.2. The van der Waals surface area contributed by atoms with Crippen LogP contribution in [-0.4, -0.2) is 18.9 Å². The van der Waals surface area contributed by atoms with Crippen LogP contribution in [0.25, 0.3) is 56.4 Å². The summed E-state index contributed by atoms with van der Waals surface area (Å²) < 4.78 is 66.7. The van der Waals surface area contributed by atoms with Crippen molar-refractivity contribution in [3.05, 3.63) is 210 Å². The molecule has 58 heavy (non-hydrogen) atoms. The Bertz CT molecular complexity index is 3180. The monoisotopic (exact) mass is 763 g/mol. The van der Waals surface area contributed by atoms with Crippen molar-refractivity contribution in [1.82, 2.24) is 4.98 Å². The molecule has 8 aromatic rings. The summed E-state index contributed by atoms with van der Waals surface area (Å²) in [5.74, 6) is 0. The van der Waals surface area contributed by atoms with Crippen LogP contribution in [0.4, 0.5) is 28.6 Å². The SMILES string of the molecule is F[B-]1(F)N2C(=C(c3cc4ccccc4cn3)c3ccc4ccccc4[n+]31)C=Cc1ccccc12.F[B-]1(F)N2C(=Cc3ccc4ccccc4[n+]31)C=Cc1ccccc12. The summed E-state index contributed by atoms with van der Waals surface area (Å²) in [5, 5.41) is 3.60. The highest BCUT2D eigenvalue weighted by Crippen LogP contribution is 2.43. The van der Waals surface area contributed by atoms with Gasteiger partial charge in [0.25, 0.3) is 0 Å². The topological polar surface area (TPSA) is 27.1 Å². The molecule has 0 fully saturated rings. The first-order valence-corrected chi connectivity index (χ1v) is 19.1. The first-order valence-electron chi connectivity index (χ1n) is 19.1. The van der Waals surface area contributed by atoms with Crippen molar-refractivity contribution in [3.8, 4) is 0 Å². The molecule has 12 rings (SSSR count). The minimum absolute atomic E-state index is 0.460. The number of allylic oxidation sites excluding steroid dienone is 2. The molecule has 0 spiro atoms. The Kier molecular flexibility index (Phi) is 7.41. The van der Waals surface area contributed by atoms with E-state index >= 15 is 17.3 Å². The summed E-state index contributed by atoms with van der Waals surface area (Å²) in [6.07, 6.45) is 11.0. The van der Waals surface area contributed by atoms with E-state index in [-0.39, 0.29) is 0 Å². The van der Waals surface area contributed by atoms with Crippen molar-refractivity contribution < 1.29 is 26.2 Å². The summed E-state index contributed by atoms with van der Waals surface area (Å²) in [7, 11) is 0. The second kappa shape index (κ2) is 12.6. The molecule has 7 heterocycles. The fourth-order valence-electron chi connectivity index (χ4n) is 8.94. The molecule has 4 aliphatic rings. The molecule has 0 atom stereocenters. The number of aromatic nitrogens is 3. The molecule has 0 N–H and O–H groups in total. The lowest BCUT2D eigenvalue weighted by atomic mass is 9.80. The standard InChI is InChI=1S/C28H18BF2N3.C19H13BF2N2/c30-29(31)33-24-11-5-3-7-19(24)13-15-26(33)28(23-17-21-9-1-2-10-22(21)18-32-23)27-16-14-20-8-4-6-12-25(20)34(27)29;21-20(22)23-16(11-9-14-5-1-3-7-18(14)23)13-17-12-10-15-6-2-4-8-19(15)24(17)20/h1-18H;1-13H. The van der Waals surface area contributed by atoms with Gasteiger partial charge in [0.2, 0.25) is 0 Å². The lowest BCUT2D eigenvalue weighted by Gasteiger charge is -2.43. The predicted molar refractivity (Wildman–Crippen MR) is 227 cm³/mol. The molecule has 5 aromatic carbocycles. The lowest BCUT2D eigenvalue weighted by Crippen LogP contribution is -2.73. The van der Waals surface area contributed by atoms with Crippen LogP contribution in [0, 0.1) is 0 Å². The summed E-state index contributed by atoms with van der Waals surface area (Å²) in [6.45, 7) is -8.16. The number of rotatable bonds is 1. The van der Waals surface area contributed by atoms with Crippen LogP contribution in [0.5, 0.6) is 0 Å². The van der Waals surface area contributed by atoms with E-state index in [0.29, 0.717) is 56.5 Å². The molecule has 278 valence electrons. The molecule has 3 aromatic heterocycles. The summed E-state index contributed by atoms with van der Waals surface area (Å²) in [4.78, 5) is 7.12. The largest absolute Gasteiger partial charge is 0.737 e. The Morgan fingerprint density at radius 2 is 1.03 bits per heavy atom. The molecule has 0 saturated heterocycles. The zero-order valence-electron chi connectivity index (χ0n) is 30.8. The van der Waals surface area contributed by atoms with Crippen LogP contribution in [-0.2, 0) is 0 Å². The quantitative estimate of drug-likeness (QED) is 0.123. The van der Waals surface area contributed by atoms with E-state index < -0.39 is 13.9 Å². The van der Waals surface area contributed by atoms with Crippen LogP contribution in [0.15, 0.2) is 181 Å². The number of hydrogen-bond donors (Lipinski definition) is 0. The third-order valence-electron chi connectivity index (χ3n) is 11.5. The van der Waals surface area contributed by atoms with E-state index in [1.807, 2.05) is 115 Å². The second-order valence-corrected chi connectivity index (χ2v) is 14.8. The predicted octanol–water partition coefficient (Wildman–Crippen LogP) is 10.4. The molecule has 0 amide bonds. The Hall–Kier alpha value is -7.26. The fourth-order valence-corrected chi connectivity index (χ4v) is 8.94. The number of fused-ring (bicyclic) bond motifs is 13. The normalized spacial score (nSPS) is 16.4. The Labute approximate surface area is 331 Å². The van der Waals surface area contributed by atoms with Gasteiger partial charge in [-0.2, -0.15) is 0 Å². The van der Waals surface area contributed by atoms with Crippen molar-refractivity contribution >= 4 is 81.7 Å². The lowest BCUT2D eigenvalue weighted by molar-refractivity contribution is -0.542. The van der Waals surface area contributed by atoms with E-state index in [2.05, 4.69) is 0 Å². The van der Waals surface area contributed by atoms with Gasteiger partial charge in [-0.1, -0.05) is 97.1 Å². The molecule has 0 unspecified atom stereocenters. The minimum atomic E-state index is -4.17. The van der Waals surface area contributed by atoms with Crippen molar-refractivity contribution in [2.45, 2.75) is 0 Å². The third kappa shape index (κ3) is 5.02. The van der Waals surface area contributed by atoms with Crippen LogP contribution >= 0.6 is 0 Å². The zero-order valence-corrected chi connectivity index (χ0v) is 30.8. The number of halogens is 4. The van der Waals surface area contributed by atoms with Gasteiger partial charge < -0.3 is 35.8 Å². The van der Waals surface area contributed by atoms with Gasteiger partial charge in [0, 0.05) is 75.5 Å². The van der Waals surface area contributed by atoms with Crippen LogP contribution < -0.4 is 18.6 Å². The molecule has 0 bridgehead atoms. The maximum Gasteiger partial charge on any atom is 0.737 e. The average molecular weight is 763 g/mol. The number of benzene rings is 5. The second-order valence-electron chi connectivity index (χ2n) is 14.8. The first-order chi connectivity index (χ1) is 28.3. The molecule has 5 nitrogen and oxygen atoms in total. The van der Waals surface area contributed by atoms with Crippen molar-refractivity contribution in [2.24, 2.45) is 0 Å². The third-order valence-corrected chi connectivity index (χ3v) is 11.5. The Balaban J connectivity index is 0.000000141. The van der Waals surface area contributed by atoms with Gasteiger partial charge in [0.05, 0.1) is 11.3 Å². The molecule has 4 aliphatic heterocycles. The van der Waals surface area contributed by atoms with Crippen LogP contribution in [0.2, 0.25) is 0 Å². The highest BCUT2D eigenvalue weighted by Gasteiger charge is 2.56. The van der Waals surface area contributed by atoms with Gasteiger partial charge >= 0.3 is 13.9 Å². The van der Waals surface area contributed by atoms with E-state index in [9.17, 15) is 0 Å². The highest BCUT2D eigenvalue weighted by atomic mass is 19.3. The van der Waals surface area contributed by atoms with Gasteiger partial charge in [-0.25, -0.2) is 0 Å². The summed E-state index contributed by atoms with van der Waals surface area (Å²) in [6, 6.07) is 46.4. The Morgan fingerprint density at radius 1 is 0.483 bits per heavy atom. The van der Waals surface area contributed by atoms with E-state index in [0.717, 1.165) is 32.7 Å². The number of nitrogens with zero attached hydrogens (tertiary/aromatic N) is 5. The average Bonchev–Trinajstić information content (AvgIpc) is 3.25. The number of anilines is 2. The highest BCUT2D eigenvalue weighted by molar-refractivity contribution is 6.64. The maximum absolute atomic E-state index is 16.5. The first kappa shape index (κ1) is 34.0. The van der Waals surface area contributed by atoms with Gasteiger partial charge in [-0.3, -0.25) is 4.98 Å². The fraction of sp³-hybridized carbons (Fsp3) is 0. The number of pyridine rings is 3. The molecular formula is C47H31B2F4N5. The van der Waals surface area contributed by atoms with Crippen molar-refractivity contribution in [3.63, 3.8) is 0 Å². The number of para-hydroxylation sites is 4. The maximum atomic E-state index is 16.5. The van der Waals surface area contributed by atoms with E-state index in [1.54, 1.807) is 72.8 Å². The van der Waals surface area contributed by atoms with Crippen molar-refractivity contribution in [1.29, 1.82) is 0 Å². The van der Waals surface area contributed by atoms with E-state index in [4.69, 9.17) is 4.98 Å². The minimum Gasteiger partial charge on any atom is -0.390 e. The molecule has 0 radical (unpaired) electrons. The van der Waals surface area contributed by atoms with Gasteiger partial charge in [-0.05, 0) is 71.1 Å². The number of hydrogen-bond acceptors (Lipinski definition) is 3. The molecular weight excluding hydrogens is 732 g/mol. The van der Waals surface area contributed by atoms with Crippen LogP contribution in [0.1, 0.15) is 28.2 Å². The molecule has 0 saturated carbocycles. The van der Waals surface area contributed by atoms with Crippen LogP contribution in [0.3, 0.4) is 0 Å². The van der Waals surface area contributed by atoms with Crippen molar-refractivity contribution in [2.75, 3.05) is 9.62 Å².